The topological polar surface area (TPSA) is 26.0 Å². The standard InChI is InChI=1S/C13H16F3N/c14-13(15,16)12(17)8-9-5-6-10-3-1-2-4-11(10)7-9/h5-7,12H,1-4,8,17H2. The van der Waals surface area contributed by atoms with Gasteiger partial charge in [0.2, 0.25) is 0 Å². The highest BCUT2D eigenvalue weighted by Crippen LogP contribution is 2.25. The van der Waals surface area contributed by atoms with E-state index in [-0.39, 0.29) is 6.42 Å². The molecule has 1 atom stereocenters. The van der Waals surface area contributed by atoms with E-state index in [1.165, 1.54) is 17.5 Å². The quantitative estimate of drug-likeness (QED) is 0.849. The molecule has 0 aliphatic heterocycles. The Hall–Kier alpha value is -1.03. The number of benzene rings is 1. The maximum atomic E-state index is 12.3. The molecule has 0 aromatic heterocycles. The van der Waals surface area contributed by atoms with Crippen LogP contribution in [0.15, 0.2) is 18.2 Å². The molecule has 1 aromatic rings. The van der Waals surface area contributed by atoms with Crippen molar-refractivity contribution in [1.29, 1.82) is 0 Å². The van der Waals surface area contributed by atoms with Gasteiger partial charge in [-0.25, -0.2) is 0 Å². The summed E-state index contributed by atoms with van der Waals surface area (Å²) in [5.74, 6) is 0. The first-order chi connectivity index (χ1) is 7.97. The number of aryl methyl sites for hydroxylation is 2. The third-order valence-electron chi connectivity index (χ3n) is 3.29. The largest absolute Gasteiger partial charge is 0.403 e. The summed E-state index contributed by atoms with van der Waals surface area (Å²) in [6.07, 6.45) is -0.117. The summed E-state index contributed by atoms with van der Waals surface area (Å²) in [6, 6.07) is 3.85. The van der Waals surface area contributed by atoms with E-state index in [1.54, 1.807) is 6.07 Å². The van der Waals surface area contributed by atoms with Crippen LogP contribution in [0, 0.1) is 0 Å². The third-order valence-corrected chi connectivity index (χ3v) is 3.29. The molecule has 1 aliphatic carbocycles. The minimum absolute atomic E-state index is 0.128. The van der Waals surface area contributed by atoms with Crippen LogP contribution in [0.5, 0.6) is 0 Å². The van der Waals surface area contributed by atoms with Crippen LogP contribution in [0.25, 0.3) is 0 Å². The molecule has 0 heterocycles. The first-order valence-electron chi connectivity index (χ1n) is 5.90. The molecule has 0 bridgehead atoms. The average Bonchev–Trinajstić information content (AvgIpc) is 2.27. The highest BCUT2D eigenvalue weighted by atomic mass is 19.4. The van der Waals surface area contributed by atoms with E-state index in [9.17, 15) is 13.2 Å². The van der Waals surface area contributed by atoms with Crippen LogP contribution in [0.1, 0.15) is 29.5 Å². The van der Waals surface area contributed by atoms with E-state index >= 15 is 0 Å². The van der Waals surface area contributed by atoms with Crippen LogP contribution in [0.3, 0.4) is 0 Å². The molecule has 2 N–H and O–H groups in total. The Morgan fingerprint density at radius 2 is 1.76 bits per heavy atom. The summed E-state index contributed by atoms with van der Waals surface area (Å²) in [7, 11) is 0. The molecule has 0 amide bonds. The van der Waals surface area contributed by atoms with E-state index < -0.39 is 12.2 Å². The molecule has 0 saturated heterocycles. The molecule has 4 heteroatoms. The van der Waals surface area contributed by atoms with Crippen molar-refractivity contribution in [1.82, 2.24) is 0 Å². The predicted octanol–water partition coefficient (Wildman–Crippen LogP) is 3.00. The van der Waals surface area contributed by atoms with Gasteiger partial charge in [-0.15, -0.1) is 0 Å². The zero-order valence-electron chi connectivity index (χ0n) is 9.56. The number of alkyl halides is 3. The van der Waals surface area contributed by atoms with E-state index in [2.05, 4.69) is 0 Å². The number of hydrogen-bond acceptors (Lipinski definition) is 1. The van der Waals surface area contributed by atoms with Crippen molar-refractivity contribution in [3.05, 3.63) is 34.9 Å². The van der Waals surface area contributed by atoms with Crippen molar-refractivity contribution in [2.75, 3.05) is 0 Å². The van der Waals surface area contributed by atoms with Gasteiger partial charge in [-0.3, -0.25) is 0 Å². The molecule has 1 nitrogen and oxygen atoms in total. The molecular weight excluding hydrogens is 227 g/mol. The maximum absolute atomic E-state index is 12.3. The summed E-state index contributed by atoms with van der Waals surface area (Å²) < 4.78 is 37.0. The molecule has 17 heavy (non-hydrogen) atoms. The van der Waals surface area contributed by atoms with Crippen molar-refractivity contribution in [3.8, 4) is 0 Å². The van der Waals surface area contributed by atoms with Gasteiger partial charge in [-0.05, 0) is 48.8 Å². The minimum Gasteiger partial charge on any atom is -0.320 e. The number of hydrogen-bond donors (Lipinski definition) is 1. The van der Waals surface area contributed by atoms with Crippen molar-refractivity contribution in [2.24, 2.45) is 5.73 Å². The maximum Gasteiger partial charge on any atom is 0.403 e. The Balaban J connectivity index is 2.12. The van der Waals surface area contributed by atoms with Gasteiger partial charge in [-0.1, -0.05) is 18.2 Å². The highest BCUT2D eigenvalue weighted by molar-refractivity contribution is 5.34. The molecule has 1 unspecified atom stereocenters. The Morgan fingerprint density at radius 1 is 1.12 bits per heavy atom. The third kappa shape index (κ3) is 3.00. The SMILES string of the molecule is NC(Cc1ccc2c(c1)CCCC2)C(F)(F)F. The second-order valence-electron chi connectivity index (χ2n) is 4.66. The van der Waals surface area contributed by atoms with Crippen LogP contribution in [-0.2, 0) is 19.3 Å². The second-order valence-corrected chi connectivity index (χ2v) is 4.66. The number of nitrogens with two attached hydrogens (primary N) is 1. The first-order valence-corrected chi connectivity index (χ1v) is 5.90. The first kappa shape index (κ1) is 12.4. The van der Waals surface area contributed by atoms with Crippen molar-refractivity contribution in [3.63, 3.8) is 0 Å². The zero-order chi connectivity index (χ0) is 12.5. The van der Waals surface area contributed by atoms with Gasteiger partial charge < -0.3 is 5.73 Å². The van der Waals surface area contributed by atoms with Gasteiger partial charge in [0, 0.05) is 0 Å². The van der Waals surface area contributed by atoms with Crippen molar-refractivity contribution in [2.45, 2.75) is 44.3 Å². The lowest BCUT2D eigenvalue weighted by Crippen LogP contribution is -2.39. The fourth-order valence-corrected chi connectivity index (χ4v) is 2.28. The second kappa shape index (κ2) is 4.69. The molecule has 1 aliphatic rings. The lowest BCUT2D eigenvalue weighted by atomic mass is 9.89. The minimum atomic E-state index is -4.31. The Bertz CT molecular complexity index is 398. The fraction of sp³-hybridized carbons (Fsp3) is 0.538. The molecule has 0 fully saturated rings. The van der Waals surface area contributed by atoms with Crippen LogP contribution in [-0.4, -0.2) is 12.2 Å². The summed E-state index contributed by atoms with van der Waals surface area (Å²) in [4.78, 5) is 0. The van der Waals surface area contributed by atoms with Crippen LogP contribution < -0.4 is 5.73 Å². The average molecular weight is 243 g/mol. The normalized spacial score (nSPS) is 17.6. The Morgan fingerprint density at radius 3 is 2.41 bits per heavy atom. The van der Waals surface area contributed by atoms with E-state index in [0.29, 0.717) is 5.56 Å². The lowest BCUT2D eigenvalue weighted by molar-refractivity contribution is -0.147. The van der Waals surface area contributed by atoms with E-state index in [1.807, 2.05) is 12.1 Å². The summed E-state index contributed by atoms with van der Waals surface area (Å²) in [5.41, 5.74) is 8.30. The van der Waals surface area contributed by atoms with Crippen LogP contribution >= 0.6 is 0 Å². The van der Waals surface area contributed by atoms with Gasteiger partial charge in [-0.2, -0.15) is 13.2 Å². The molecule has 2 rings (SSSR count). The van der Waals surface area contributed by atoms with Crippen LogP contribution in [0.2, 0.25) is 0 Å². The lowest BCUT2D eigenvalue weighted by Gasteiger charge is -2.19. The van der Waals surface area contributed by atoms with E-state index in [0.717, 1.165) is 19.3 Å². The summed E-state index contributed by atoms with van der Waals surface area (Å²) in [6.45, 7) is 0. The summed E-state index contributed by atoms with van der Waals surface area (Å²) in [5, 5.41) is 0. The Kier molecular flexibility index (Phi) is 3.43. The Labute approximate surface area is 98.8 Å². The van der Waals surface area contributed by atoms with Gasteiger partial charge in [0.1, 0.15) is 6.04 Å². The van der Waals surface area contributed by atoms with E-state index in [4.69, 9.17) is 5.73 Å². The smallest absolute Gasteiger partial charge is 0.320 e. The van der Waals surface area contributed by atoms with Gasteiger partial charge >= 0.3 is 6.18 Å². The predicted molar refractivity (Wildman–Crippen MR) is 60.8 cm³/mol. The van der Waals surface area contributed by atoms with Crippen molar-refractivity contribution < 1.29 is 13.2 Å². The van der Waals surface area contributed by atoms with Gasteiger partial charge in [0.25, 0.3) is 0 Å². The molecule has 94 valence electrons. The fourth-order valence-electron chi connectivity index (χ4n) is 2.28. The number of rotatable bonds is 2. The molecule has 0 saturated carbocycles. The molecular formula is C13H16F3N. The summed E-state index contributed by atoms with van der Waals surface area (Å²) >= 11 is 0. The number of halogens is 3. The molecule has 1 aromatic carbocycles. The number of fused-ring (bicyclic) bond motifs is 1. The van der Waals surface area contributed by atoms with Gasteiger partial charge in [0.15, 0.2) is 0 Å². The highest BCUT2D eigenvalue weighted by Gasteiger charge is 2.36. The van der Waals surface area contributed by atoms with Gasteiger partial charge in [0.05, 0.1) is 0 Å². The van der Waals surface area contributed by atoms with Crippen molar-refractivity contribution >= 4 is 0 Å². The monoisotopic (exact) mass is 243 g/mol. The molecule has 0 spiro atoms. The van der Waals surface area contributed by atoms with Crippen LogP contribution in [0.4, 0.5) is 13.2 Å². The zero-order valence-corrected chi connectivity index (χ0v) is 9.56. The molecule has 0 radical (unpaired) electrons.